The lowest BCUT2D eigenvalue weighted by Gasteiger charge is -2.15. The molecule has 0 radical (unpaired) electrons. The predicted molar refractivity (Wildman–Crippen MR) is 104 cm³/mol. The lowest BCUT2D eigenvalue weighted by molar-refractivity contribution is -0.384. The highest BCUT2D eigenvalue weighted by molar-refractivity contribution is 8.26. The number of rotatable bonds is 4. The molecule has 0 bridgehead atoms. The van der Waals surface area contributed by atoms with E-state index in [0.717, 1.165) is 16.8 Å². The van der Waals surface area contributed by atoms with E-state index in [4.69, 9.17) is 12.2 Å². The number of nitrogens with zero attached hydrogens (tertiary/aromatic N) is 2. The summed E-state index contributed by atoms with van der Waals surface area (Å²) in [6.45, 7) is 0. The molecule has 2 aromatic carbocycles. The first-order valence-corrected chi connectivity index (χ1v) is 8.70. The minimum atomic E-state index is -0.625. The van der Waals surface area contributed by atoms with Crippen LogP contribution in [0.5, 0.6) is 5.75 Å². The van der Waals surface area contributed by atoms with Gasteiger partial charge < -0.3 is 5.11 Å². The van der Waals surface area contributed by atoms with Gasteiger partial charge in [-0.1, -0.05) is 23.9 Å². The van der Waals surface area contributed by atoms with Gasteiger partial charge in [0, 0.05) is 17.7 Å². The SMILES string of the molecule is O=C(NN1C(=O)/C(=C/c2cccc(O)c2)SC1=S)c1ccc([N+](=O)[O-])cc1. The van der Waals surface area contributed by atoms with E-state index in [0.29, 0.717) is 5.56 Å². The molecule has 1 aliphatic rings. The van der Waals surface area contributed by atoms with E-state index in [1.807, 2.05) is 0 Å². The van der Waals surface area contributed by atoms with E-state index < -0.39 is 16.7 Å². The predicted octanol–water partition coefficient (Wildman–Crippen LogP) is 2.85. The number of nitro groups is 1. The number of benzene rings is 2. The first-order chi connectivity index (χ1) is 12.8. The normalized spacial score (nSPS) is 15.3. The quantitative estimate of drug-likeness (QED) is 0.350. The summed E-state index contributed by atoms with van der Waals surface area (Å²) in [4.78, 5) is 35.2. The fourth-order valence-electron chi connectivity index (χ4n) is 2.23. The van der Waals surface area contributed by atoms with E-state index in [9.17, 15) is 24.8 Å². The van der Waals surface area contributed by atoms with Crippen LogP contribution in [0.4, 0.5) is 5.69 Å². The first kappa shape index (κ1) is 18.5. The van der Waals surface area contributed by atoms with Crippen molar-refractivity contribution < 1.29 is 19.6 Å². The molecular formula is C17H11N3O5S2. The maximum absolute atomic E-state index is 12.5. The summed E-state index contributed by atoms with van der Waals surface area (Å²) >= 11 is 6.14. The fourth-order valence-corrected chi connectivity index (χ4v) is 3.41. The van der Waals surface area contributed by atoms with Crippen molar-refractivity contribution in [2.24, 2.45) is 0 Å². The van der Waals surface area contributed by atoms with Crippen LogP contribution in [-0.2, 0) is 4.79 Å². The molecule has 27 heavy (non-hydrogen) atoms. The number of aromatic hydroxyl groups is 1. The van der Waals surface area contributed by atoms with Crippen LogP contribution in [0.15, 0.2) is 53.4 Å². The Morgan fingerprint density at radius 1 is 1.26 bits per heavy atom. The zero-order valence-electron chi connectivity index (χ0n) is 13.5. The lowest BCUT2D eigenvalue weighted by atomic mass is 10.2. The number of thioether (sulfide) groups is 1. The van der Waals surface area contributed by atoms with E-state index in [2.05, 4.69) is 5.43 Å². The molecule has 136 valence electrons. The molecular weight excluding hydrogens is 390 g/mol. The van der Waals surface area contributed by atoms with Gasteiger partial charge in [0.25, 0.3) is 17.5 Å². The monoisotopic (exact) mass is 401 g/mol. The van der Waals surface area contributed by atoms with Gasteiger partial charge in [0.05, 0.1) is 9.83 Å². The van der Waals surface area contributed by atoms with Gasteiger partial charge in [0.1, 0.15) is 5.75 Å². The average molecular weight is 401 g/mol. The first-order valence-electron chi connectivity index (χ1n) is 7.47. The summed E-state index contributed by atoms with van der Waals surface area (Å²) in [5.74, 6) is -1.07. The number of carbonyl (C=O) groups excluding carboxylic acids is 2. The van der Waals surface area contributed by atoms with Gasteiger partial charge in [-0.15, -0.1) is 0 Å². The number of non-ortho nitro benzene ring substituents is 1. The number of hydrogen-bond acceptors (Lipinski definition) is 7. The molecule has 0 aliphatic carbocycles. The molecule has 0 unspecified atom stereocenters. The smallest absolute Gasteiger partial charge is 0.285 e. The Morgan fingerprint density at radius 3 is 2.59 bits per heavy atom. The van der Waals surface area contributed by atoms with Crippen LogP contribution < -0.4 is 5.43 Å². The maximum Gasteiger partial charge on any atom is 0.285 e. The van der Waals surface area contributed by atoms with Crippen molar-refractivity contribution in [3.05, 3.63) is 74.7 Å². The Morgan fingerprint density at radius 2 is 1.96 bits per heavy atom. The molecule has 0 atom stereocenters. The second kappa shape index (κ2) is 7.56. The Bertz CT molecular complexity index is 988. The van der Waals surface area contributed by atoms with Gasteiger partial charge in [0.15, 0.2) is 4.32 Å². The highest BCUT2D eigenvalue weighted by atomic mass is 32.2. The molecule has 0 spiro atoms. The summed E-state index contributed by atoms with van der Waals surface area (Å²) in [5, 5.41) is 21.1. The van der Waals surface area contributed by atoms with Crippen molar-refractivity contribution in [1.29, 1.82) is 0 Å². The largest absolute Gasteiger partial charge is 0.508 e. The van der Waals surface area contributed by atoms with E-state index in [-0.39, 0.29) is 26.2 Å². The summed E-state index contributed by atoms with van der Waals surface area (Å²) < 4.78 is 0.140. The zero-order chi connectivity index (χ0) is 19.6. The van der Waals surface area contributed by atoms with Crippen LogP contribution in [-0.4, -0.2) is 31.2 Å². The Hall–Kier alpha value is -3.24. The summed E-state index contributed by atoms with van der Waals surface area (Å²) in [6.07, 6.45) is 1.55. The minimum Gasteiger partial charge on any atom is -0.508 e. The molecule has 1 fully saturated rings. The lowest BCUT2D eigenvalue weighted by Crippen LogP contribution is -2.44. The van der Waals surface area contributed by atoms with Crippen LogP contribution >= 0.6 is 24.0 Å². The number of phenolic OH excluding ortho intramolecular Hbond substituents is 1. The molecule has 1 saturated heterocycles. The van der Waals surface area contributed by atoms with Crippen molar-refractivity contribution >= 4 is 51.9 Å². The molecule has 8 nitrogen and oxygen atoms in total. The van der Waals surface area contributed by atoms with Crippen molar-refractivity contribution in [3.63, 3.8) is 0 Å². The molecule has 1 aliphatic heterocycles. The van der Waals surface area contributed by atoms with Gasteiger partial charge in [-0.25, -0.2) is 0 Å². The van der Waals surface area contributed by atoms with Gasteiger partial charge >= 0.3 is 0 Å². The molecule has 1 heterocycles. The van der Waals surface area contributed by atoms with Crippen LogP contribution in [0.25, 0.3) is 6.08 Å². The standard InChI is InChI=1S/C17H11N3O5S2/c21-13-3-1-2-10(8-13)9-14-16(23)19(17(26)27-14)18-15(22)11-4-6-12(7-5-11)20(24)25/h1-9,21H,(H,18,22)/b14-9-. The molecule has 3 rings (SSSR count). The van der Waals surface area contributed by atoms with Crippen LogP contribution in [0.3, 0.4) is 0 Å². The molecule has 2 N–H and O–H groups in total. The van der Waals surface area contributed by atoms with E-state index in [1.165, 1.54) is 36.4 Å². The Labute approximate surface area is 162 Å². The van der Waals surface area contributed by atoms with Crippen molar-refractivity contribution in [3.8, 4) is 5.75 Å². The summed E-state index contributed by atoms with van der Waals surface area (Å²) in [5.41, 5.74) is 3.00. The number of phenols is 1. The number of amides is 2. The van der Waals surface area contributed by atoms with E-state index >= 15 is 0 Å². The second-order valence-corrected chi connectivity index (χ2v) is 7.03. The van der Waals surface area contributed by atoms with Crippen LogP contribution in [0.1, 0.15) is 15.9 Å². The summed E-state index contributed by atoms with van der Waals surface area (Å²) in [6, 6.07) is 11.3. The maximum atomic E-state index is 12.5. The number of carbonyl (C=O) groups is 2. The van der Waals surface area contributed by atoms with Gasteiger partial charge in [-0.2, -0.15) is 5.01 Å². The average Bonchev–Trinajstić information content (AvgIpc) is 2.89. The third-order valence-electron chi connectivity index (χ3n) is 3.52. The minimum absolute atomic E-state index is 0.0608. The van der Waals surface area contributed by atoms with Crippen LogP contribution in [0.2, 0.25) is 0 Å². The zero-order valence-corrected chi connectivity index (χ0v) is 15.1. The fraction of sp³-hybridized carbons (Fsp3) is 0. The number of hydrazine groups is 1. The molecule has 2 amide bonds. The van der Waals surface area contributed by atoms with Gasteiger partial charge in [-0.05, 0) is 48.1 Å². The summed E-state index contributed by atoms with van der Waals surface area (Å²) in [7, 11) is 0. The van der Waals surface area contributed by atoms with Crippen molar-refractivity contribution in [2.45, 2.75) is 0 Å². The molecule has 10 heteroatoms. The topological polar surface area (TPSA) is 113 Å². The molecule has 0 saturated carbocycles. The Balaban J connectivity index is 1.75. The highest BCUT2D eigenvalue weighted by Crippen LogP contribution is 2.32. The van der Waals surface area contributed by atoms with Gasteiger partial charge in [-0.3, -0.25) is 25.1 Å². The third-order valence-corrected chi connectivity index (χ3v) is 4.82. The number of nitro benzene ring substituents is 1. The van der Waals surface area contributed by atoms with Gasteiger partial charge in [0.2, 0.25) is 0 Å². The van der Waals surface area contributed by atoms with Crippen molar-refractivity contribution in [2.75, 3.05) is 0 Å². The van der Waals surface area contributed by atoms with Crippen LogP contribution in [0, 0.1) is 10.1 Å². The molecule has 0 aromatic heterocycles. The number of thiocarbonyl (C=S) groups is 1. The van der Waals surface area contributed by atoms with Crippen molar-refractivity contribution in [1.82, 2.24) is 10.4 Å². The Kier molecular flexibility index (Phi) is 5.19. The second-order valence-electron chi connectivity index (χ2n) is 5.36. The highest BCUT2D eigenvalue weighted by Gasteiger charge is 2.33. The molecule has 2 aromatic rings. The third kappa shape index (κ3) is 4.13. The number of nitrogens with one attached hydrogen (secondary N) is 1. The van der Waals surface area contributed by atoms with E-state index in [1.54, 1.807) is 18.2 Å². The number of hydrogen-bond donors (Lipinski definition) is 2.